The van der Waals surface area contributed by atoms with Gasteiger partial charge in [0.1, 0.15) is 5.82 Å². The summed E-state index contributed by atoms with van der Waals surface area (Å²) < 4.78 is 13.4. The summed E-state index contributed by atoms with van der Waals surface area (Å²) in [5.74, 6) is -0.000429. The molecule has 0 aromatic heterocycles. The van der Waals surface area contributed by atoms with Crippen LogP contribution in [0.2, 0.25) is 0 Å². The van der Waals surface area contributed by atoms with Gasteiger partial charge < -0.3 is 5.73 Å². The molecule has 0 saturated heterocycles. The predicted octanol–water partition coefficient (Wildman–Crippen LogP) is 3.22. The van der Waals surface area contributed by atoms with E-state index in [9.17, 15) is 9.18 Å². The number of carbonyl (C=O) groups excluding carboxylic acids is 1. The fraction of sp³-hybridized carbons (Fsp3) is 0.0714. The van der Waals surface area contributed by atoms with E-state index in [-0.39, 0.29) is 5.82 Å². The Labute approximate surface area is 109 Å². The third kappa shape index (κ3) is 3.11. The maximum Gasteiger partial charge on any atom is 0.248 e. The summed E-state index contributed by atoms with van der Waals surface area (Å²) in [6, 6.07) is 13.7. The van der Waals surface area contributed by atoms with Crippen LogP contribution < -0.4 is 5.73 Å². The fourth-order valence-corrected chi connectivity index (χ4v) is 2.38. The molecule has 0 saturated carbocycles. The number of nitrogens with two attached hydrogens (primary N) is 1. The lowest BCUT2D eigenvalue weighted by Crippen LogP contribution is -2.10. The van der Waals surface area contributed by atoms with Crippen LogP contribution in [0.3, 0.4) is 0 Å². The Bertz CT molecular complexity index is 554. The quantitative estimate of drug-likeness (QED) is 0.859. The summed E-state index contributed by atoms with van der Waals surface area (Å²) in [6.45, 7) is 0. The number of thioether (sulfide) groups is 1. The van der Waals surface area contributed by atoms with Crippen molar-refractivity contribution in [3.8, 4) is 0 Å². The summed E-state index contributed by atoms with van der Waals surface area (Å²) in [5, 5.41) is 0. The van der Waals surface area contributed by atoms with Crippen molar-refractivity contribution in [3.63, 3.8) is 0 Å². The summed E-state index contributed by atoms with van der Waals surface area (Å²) >= 11 is 1.42. The van der Waals surface area contributed by atoms with Crippen LogP contribution in [0.15, 0.2) is 53.4 Å². The predicted molar refractivity (Wildman–Crippen MR) is 70.9 cm³/mol. The molecule has 0 atom stereocenters. The van der Waals surface area contributed by atoms with Gasteiger partial charge >= 0.3 is 0 Å². The second-order valence-corrected chi connectivity index (χ2v) is 4.80. The summed E-state index contributed by atoms with van der Waals surface area (Å²) in [4.78, 5) is 11.5. The van der Waals surface area contributed by atoms with Gasteiger partial charge in [0.05, 0.1) is 0 Å². The van der Waals surface area contributed by atoms with Crippen LogP contribution in [0.5, 0.6) is 0 Å². The van der Waals surface area contributed by atoms with Gasteiger partial charge in [-0.25, -0.2) is 4.39 Å². The van der Waals surface area contributed by atoms with E-state index in [4.69, 9.17) is 5.73 Å². The molecule has 2 rings (SSSR count). The normalized spacial score (nSPS) is 10.3. The Morgan fingerprint density at radius 1 is 1.11 bits per heavy atom. The molecule has 0 aliphatic rings. The van der Waals surface area contributed by atoms with Crippen LogP contribution in [0.25, 0.3) is 0 Å². The monoisotopic (exact) mass is 261 g/mol. The van der Waals surface area contributed by atoms with Crippen molar-refractivity contribution in [1.29, 1.82) is 0 Å². The van der Waals surface area contributed by atoms with Crippen molar-refractivity contribution in [2.75, 3.05) is 0 Å². The van der Waals surface area contributed by atoms with Crippen LogP contribution in [-0.4, -0.2) is 5.91 Å². The molecule has 0 fully saturated rings. The molecular formula is C14H12FNOS. The van der Waals surface area contributed by atoms with Crippen molar-refractivity contribution in [1.82, 2.24) is 0 Å². The van der Waals surface area contributed by atoms with Crippen molar-refractivity contribution >= 4 is 17.7 Å². The number of halogens is 1. The number of hydrogen-bond donors (Lipinski definition) is 1. The number of hydrogen-bond acceptors (Lipinski definition) is 2. The van der Waals surface area contributed by atoms with E-state index in [0.717, 1.165) is 5.56 Å². The number of amides is 1. The van der Waals surface area contributed by atoms with Gasteiger partial charge in [0.15, 0.2) is 0 Å². The highest BCUT2D eigenvalue weighted by Crippen LogP contribution is 2.25. The van der Waals surface area contributed by atoms with Gasteiger partial charge in [0.25, 0.3) is 0 Å². The molecule has 1 amide bonds. The molecule has 0 aliphatic carbocycles. The van der Waals surface area contributed by atoms with Crippen molar-refractivity contribution in [2.24, 2.45) is 5.73 Å². The van der Waals surface area contributed by atoms with Crippen molar-refractivity contribution < 1.29 is 9.18 Å². The topological polar surface area (TPSA) is 43.1 Å². The number of rotatable bonds is 4. The molecular weight excluding hydrogens is 249 g/mol. The van der Waals surface area contributed by atoms with Crippen LogP contribution in [0.1, 0.15) is 15.9 Å². The van der Waals surface area contributed by atoms with E-state index in [2.05, 4.69) is 0 Å². The maximum atomic E-state index is 13.4. The Morgan fingerprint density at radius 3 is 2.39 bits per heavy atom. The number of primary amides is 1. The highest BCUT2D eigenvalue weighted by Gasteiger charge is 2.03. The standard InChI is InChI=1S/C14H12FNOS/c15-12-3-1-2-4-13(12)18-9-10-5-7-11(8-6-10)14(16)17/h1-8H,9H2,(H2,16,17). The average Bonchev–Trinajstić information content (AvgIpc) is 2.38. The third-order valence-electron chi connectivity index (χ3n) is 2.47. The lowest BCUT2D eigenvalue weighted by molar-refractivity contribution is 0.100. The van der Waals surface area contributed by atoms with Crippen LogP contribution in [-0.2, 0) is 5.75 Å². The van der Waals surface area contributed by atoms with Crippen LogP contribution in [0.4, 0.5) is 4.39 Å². The summed E-state index contributed by atoms with van der Waals surface area (Å²) in [5.41, 5.74) is 6.66. The maximum absolute atomic E-state index is 13.4. The van der Waals surface area contributed by atoms with Gasteiger partial charge in [-0.3, -0.25) is 4.79 Å². The van der Waals surface area contributed by atoms with Crippen molar-refractivity contribution in [3.05, 3.63) is 65.5 Å². The first kappa shape index (κ1) is 12.6. The first-order chi connectivity index (χ1) is 8.66. The molecule has 18 heavy (non-hydrogen) atoms. The minimum absolute atomic E-state index is 0.212. The van der Waals surface area contributed by atoms with E-state index in [1.165, 1.54) is 17.8 Å². The van der Waals surface area contributed by atoms with Gasteiger partial charge in [0.2, 0.25) is 5.91 Å². The van der Waals surface area contributed by atoms with Crippen LogP contribution in [0, 0.1) is 5.82 Å². The molecule has 4 heteroatoms. The van der Waals surface area contributed by atoms with E-state index in [1.54, 1.807) is 24.3 Å². The summed E-state index contributed by atoms with van der Waals surface area (Å²) in [6.07, 6.45) is 0. The Balaban J connectivity index is 2.02. The van der Waals surface area contributed by atoms with E-state index in [1.807, 2.05) is 18.2 Å². The zero-order chi connectivity index (χ0) is 13.0. The number of carbonyl (C=O) groups is 1. The number of benzene rings is 2. The average molecular weight is 261 g/mol. The zero-order valence-electron chi connectivity index (χ0n) is 9.60. The first-order valence-electron chi connectivity index (χ1n) is 5.43. The molecule has 2 nitrogen and oxygen atoms in total. The lowest BCUT2D eigenvalue weighted by atomic mass is 10.1. The molecule has 0 bridgehead atoms. The second kappa shape index (κ2) is 5.69. The van der Waals surface area contributed by atoms with Gasteiger partial charge in [-0.05, 0) is 29.8 Å². The first-order valence-corrected chi connectivity index (χ1v) is 6.41. The molecule has 2 aromatic carbocycles. The molecule has 0 aliphatic heterocycles. The zero-order valence-corrected chi connectivity index (χ0v) is 10.4. The molecule has 0 heterocycles. The van der Waals surface area contributed by atoms with Crippen molar-refractivity contribution in [2.45, 2.75) is 10.6 Å². The molecule has 0 spiro atoms. The fourth-order valence-electron chi connectivity index (χ4n) is 1.49. The van der Waals surface area contributed by atoms with Gasteiger partial charge in [-0.1, -0.05) is 24.3 Å². The van der Waals surface area contributed by atoms with Gasteiger partial charge in [-0.2, -0.15) is 0 Å². The third-order valence-corrected chi connectivity index (χ3v) is 3.59. The Hall–Kier alpha value is -1.81. The molecule has 2 aromatic rings. The smallest absolute Gasteiger partial charge is 0.248 e. The minimum Gasteiger partial charge on any atom is -0.366 e. The Kier molecular flexibility index (Phi) is 3.99. The van der Waals surface area contributed by atoms with E-state index >= 15 is 0 Å². The van der Waals surface area contributed by atoms with Crippen LogP contribution >= 0.6 is 11.8 Å². The van der Waals surface area contributed by atoms with Gasteiger partial charge in [-0.15, -0.1) is 11.8 Å². The van der Waals surface area contributed by atoms with Gasteiger partial charge in [0, 0.05) is 16.2 Å². The highest BCUT2D eigenvalue weighted by atomic mass is 32.2. The largest absolute Gasteiger partial charge is 0.366 e. The van der Waals surface area contributed by atoms with E-state index in [0.29, 0.717) is 16.2 Å². The lowest BCUT2D eigenvalue weighted by Gasteiger charge is -2.04. The minimum atomic E-state index is -0.441. The Morgan fingerprint density at radius 2 is 1.78 bits per heavy atom. The summed E-state index contributed by atoms with van der Waals surface area (Å²) in [7, 11) is 0. The van der Waals surface area contributed by atoms with E-state index < -0.39 is 5.91 Å². The molecule has 0 radical (unpaired) electrons. The molecule has 2 N–H and O–H groups in total. The second-order valence-electron chi connectivity index (χ2n) is 3.78. The molecule has 0 unspecified atom stereocenters. The SMILES string of the molecule is NC(=O)c1ccc(CSc2ccccc2F)cc1. The highest BCUT2D eigenvalue weighted by molar-refractivity contribution is 7.98. The molecule has 92 valence electrons.